The monoisotopic (exact) mass is 187 g/mol. The highest BCUT2D eigenvalue weighted by Gasteiger charge is 2.18. The van der Waals surface area contributed by atoms with Crippen molar-refractivity contribution in [1.82, 2.24) is 5.32 Å². The molecule has 0 bridgehead atoms. The summed E-state index contributed by atoms with van der Waals surface area (Å²) < 4.78 is 0. The maximum absolute atomic E-state index is 11.0. The number of nitrogens with one attached hydrogen (secondary N) is 1. The molecule has 0 aliphatic carbocycles. The second-order valence-corrected chi connectivity index (χ2v) is 3.24. The SMILES string of the molecule is CCC(C)NC(CC(=O)O)C(C)=O. The first-order valence-electron chi connectivity index (χ1n) is 4.45. The van der Waals surface area contributed by atoms with Crippen molar-refractivity contribution in [2.45, 2.75) is 45.7 Å². The van der Waals surface area contributed by atoms with Gasteiger partial charge in [0.05, 0.1) is 12.5 Å². The van der Waals surface area contributed by atoms with Crippen LogP contribution >= 0.6 is 0 Å². The van der Waals surface area contributed by atoms with Gasteiger partial charge in [0, 0.05) is 6.04 Å². The number of carboxylic acid groups (broad SMARTS) is 1. The second kappa shape index (κ2) is 5.70. The van der Waals surface area contributed by atoms with E-state index in [4.69, 9.17) is 5.11 Å². The molecule has 0 radical (unpaired) electrons. The predicted octanol–water partition coefficient (Wildman–Crippen LogP) is 0.807. The molecule has 0 amide bonds. The third-order valence-corrected chi connectivity index (χ3v) is 1.97. The highest BCUT2D eigenvalue weighted by Crippen LogP contribution is 1.98. The van der Waals surface area contributed by atoms with Crippen LogP contribution < -0.4 is 5.32 Å². The topological polar surface area (TPSA) is 66.4 Å². The van der Waals surface area contributed by atoms with Crippen LogP contribution in [0.3, 0.4) is 0 Å². The Morgan fingerprint density at radius 2 is 2.00 bits per heavy atom. The smallest absolute Gasteiger partial charge is 0.305 e. The number of carboxylic acids is 1. The highest BCUT2D eigenvalue weighted by atomic mass is 16.4. The summed E-state index contributed by atoms with van der Waals surface area (Å²) in [5, 5.41) is 11.5. The van der Waals surface area contributed by atoms with Crippen LogP contribution in [0.15, 0.2) is 0 Å². The van der Waals surface area contributed by atoms with Crippen LogP contribution in [0.25, 0.3) is 0 Å². The quantitative estimate of drug-likeness (QED) is 0.645. The van der Waals surface area contributed by atoms with E-state index in [1.807, 2.05) is 13.8 Å². The number of aliphatic carboxylic acids is 1. The molecule has 0 fully saturated rings. The van der Waals surface area contributed by atoms with E-state index in [0.29, 0.717) is 0 Å². The molecule has 2 unspecified atom stereocenters. The van der Waals surface area contributed by atoms with Crippen molar-refractivity contribution in [2.75, 3.05) is 0 Å². The third kappa shape index (κ3) is 5.36. The van der Waals surface area contributed by atoms with E-state index in [-0.39, 0.29) is 18.2 Å². The first-order valence-corrected chi connectivity index (χ1v) is 4.45. The molecule has 13 heavy (non-hydrogen) atoms. The lowest BCUT2D eigenvalue weighted by Gasteiger charge is -2.18. The minimum absolute atomic E-state index is 0.122. The number of rotatable bonds is 6. The van der Waals surface area contributed by atoms with E-state index in [0.717, 1.165) is 6.42 Å². The molecule has 0 aromatic rings. The van der Waals surface area contributed by atoms with Gasteiger partial charge in [-0.05, 0) is 20.3 Å². The second-order valence-electron chi connectivity index (χ2n) is 3.24. The Bertz CT molecular complexity index is 191. The zero-order valence-electron chi connectivity index (χ0n) is 8.33. The van der Waals surface area contributed by atoms with E-state index in [1.54, 1.807) is 0 Å². The molecular formula is C9H17NO3. The van der Waals surface area contributed by atoms with Crippen molar-refractivity contribution in [3.8, 4) is 0 Å². The van der Waals surface area contributed by atoms with Crippen molar-refractivity contribution in [2.24, 2.45) is 0 Å². The molecule has 76 valence electrons. The number of Topliss-reactive ketones (excluding diaryl/α,β-unsaturated/α-hetero) is 1. The number of hydrogen-bond acceptors (Lipinski definition) is 3. The van der Waals surface area contributed by atoms with Gasteiger partial charge in [0.15, 0.2) is 0 Å². The molecule has 0 saturated carbocycles. The molecule has 4 nitrogen and oxygen atoms in total. The van der Waals surface area contributed by atoms with E-state index in [9.17, 15) is 9.59 Å². The van der Waals surface area contributed by atoms with Gasteiger partial charge in [-0.3, -0.25) is 9.59 Å². The Morgan fingerprint density at radius 3 is 2.31 bits per heavy atom. The van der Waals surface area contributed by atoms with Gasteiger partial charge in [-0.15, -0.1) is 0 Å². The van der Waals surface area contributed by atoms with Crippen LogP contribution in [-0.4, -0.2) is 28.9 Å². The molecule has 0 aromatic heterocycles. The lowest BCUT2D eigenvalue weighted by molar-refractivity contribution is -0.139. The van der Waals surface area contributed by atoms with Crippen LogP contribution in [0.1, 0.15) is 33.6 Å². The fourth-order valence-electron chi connectivity index (χ4n) is 0.956. The number of hydrogen-bond donors (Lipinski definition) is 2. The Balaban J connectivity index is 4.10. The summed E-state index contributed by atoms with van der Waals surface area (Å²) in [6.45, 7) is 5.32. The van der Waals surface area contributed by atoms with Crippen molar-refractivity contribution in [3.63, 3.8) is 0 Å². The average molecular weight is 187 g/mol. The van der Waals surface area contributed by atoms with Crippen LogP contribution in [-0.2, 0) is 9.59 Å². The summed E-state index contributed by atoms with van der Waals surface area (Å²) in [6, 6.07) is -0.374. The molecule has 0 aromatic carbocycles. The van der Waals surface area contributed by atoms with Crippen molar-refractivity contribution in [1.29, 1.82) is 0 Å². The largest absolute Gasteiger partial charge is 0.481 e. The third-order valence-electron chi connectivity index (χ3n) is 1.97. The summed E-state index contributed by atoms with van der Waals surface area (Å²) in [5.41, 5.74) is 0. The number of carbonyl (C=O) groups is 2. The van der Waals surface area contributed by atoms with Gasteiger partial charge in [0.25, 0.3) is 0 Å². The lowest BCUT2D eigenvalue weighted by Crippen LogP contribution is -2.42. The van der Waals surface area contributed by atoms with E-state index in [2.05, 4.69) is 5.32 Å². The maximum Gasteiger partial charge on any atom is 0.305 e. The van der Waals surface area contributed by atoms with Gasteiger partial charge in [-0.2, -0.15) is 0 Å². The van der Waals surface area contributed by atoms with E-state index < -0.39 is 12.0 Å². The van der Waals surface area contributed by atoms with Gasteiger partial charge in [0.1, 0.15) is 5.78 Å². The molecule has 0 rings (SSSR count). The predicted molar refractivity (Wildman–Crippen MR) is 49.6 cm³/mol. The molecule has 2 atom stereocenters. The Morgan fingerprint density at radius 1 is 1.46 bits per heavy atom. The lowest BCUT2D eigenvalue weighted by atomic mass is 10.1. The van der Waals surface area contributed by atoms with E-state index >= 15 is 0 Å². The van der Waals surface area contributed by atoms with Gasteiger partial charge in [-0.25, -0.2) is 0 Å². The summed E-state index contributed by atoms with van der Waals surface area (Å²) in [7, 11) is 0. The zero-order valence-corrected chi connectivity index (χ0v) is 8.33. The van der Waals surface area contributed by atoms with Crippen molar-refractivity contribution >= 4 is 11.8 Å². The molecule has 2 N–H and O–H groups in total. The minimum atomic E-state index is -0.948. The molecule has 0 aliphatic rings. The van der Waals surface area contributed by atoms with Gasteiger partial charge in [-0.1, -0.05) is 6.92 Å². The Hall–Kier alpha value is -0.900. The number of carbonyl (C=O) groups excluding carboxylic acids is 1. The molecule has 0 heterocycles. The summed E-state index contributed by atoms with van der Waals surface area (Å²) >= 11 is 0. The van der Waals surface area contributed by atoms with Gasteiger partial charge >= 0.3 is 5.97 Å². The van der Waals surface area contributed by atoms with Crippen LogP contribution in [0.4, 0.5) is 0 Å². The summed E-state index contributed by atoms with van der Waals surface area (Å²) in [5.74, 6) is -1.07. The molecule has 4 heteroatoms. The fourth-order valence-corrected chi connectivity index (χ4v) is 0.956. The molecule has 0 saturated heterocycles. The molecule has 0 spiro atoms. The maximum atomic E-state index is 11.0. The Labute approximate surface area is 78.3 Å². The first-order chi connectivity index (χ1) is 5.97. The standard InChI is InChI=1S/C9H17NO3/c1-4-6(2)10-8(7(3)11)5-9(12)13/h6,8,10H,4-5H2,1-3H3,(H,12,13). The van der Waals surface area contributed by atoms with Gasteiger partial charge in [0.2, 0.25) is 0 Å². The summed E-state index contributed by atoms with van der Waals surface area (Å²) in [4.78, 5) is 21.4. The Kier molecular flexibility index (Phi) is 5.30. The molecule has 0 aliphatic heterocycles. The highest BCUT2D eigenvalue weighted by molar-refractivity contribution is 5.85. The number of ketones is 1. The van der Waals surface area contributed by atoms with Crippen molar-refractivity contribution < 1.29 is 14.7 Å². The van der Waals surface area contributed by atoms with Crippen molar-refractivity contribution in [3.05, 3.63) is 0 Å². The van der Waals surface area contributed by atoms with Crippen LogP contribution in [0.2, 0.25) is 0 Å². The fraction of sp³-hybridized carbons (Fsp3) is 0.778. The average Bonchev–Trinajstić information content (AvgIpc) is 2.02. The molecular weight excluding hydrogens is 170 g/mol. The van der Waals surface area contributed by atoms with E-state index in [1.165, 1.54) is 6.92 Å². The van der Waals surface area contributed by atoms with Crippen LogP contribution in [0.5, 0.6) is 0 Å². The normalized spacial score (nSPS) is 15.0. The zero-order chi connectivity index (χ0) is 10.4. The minimum Gasteiger partial charge on any atom is -0.481 e. The van der Waals surface area contributed by atoms with Crippen LogP contribution in [0, 0.1) is 0 Å². The summed E-state index contributed by atoms with van der Waals surface area (Å²) in [6.07, 6.45) is 0.739. The van der Waals surface area contributed by atoms with Gasteiger partial charge < -0.3 is 10.4 Å². The first kappa shape index (κ1) is 12.1.